The zero-order chi connectivity index (χ0) is 13.5. The van der Waals surface area contributed by atoms with Gasteiger partial charge in [-0.15, -0.1) is 6.58 Å². The van der Waals surface area contributed by atoms with Gasteiger partial charge in [0.2, 0.25) is 5.91 Å². The Morgan fingerprint density at radius 3 is 2.61 bits per heavy atom. The topological polar surface area (TPSA) is 63.4 Å². The molecule has 1 rings (SSSR count). The molecule has 0 spiro atoms. The van der Waals surface area contributed by atoms with Gasteiger partial charge in [-0.1, -0.05) is 12.1 Å². The summed E-state index contributed by atoms with van der Waals surface area (Å²) < 4.78 is 0. The molecular formula is C14H18N2O2. The fraction of sp³-hybridized carbons (Fsp3) is 0.286. The van der Waals surface area contributed by atoms with Crippen molar-refractivity contribution >= 4 is 11.8 Å². The van der Waals surface area contributed by atoms with Crippen molar-refractivity contribution in [3.05, 3.63) is 48.0 Å². The molecule has 0 aliphatic rings. The highest BCUT2D eigenvalue weighted by molar-refractivity contribution is 5.99. The summed E-state index contributed by atoms with van der Waals surface area (Å²) in [5.74, 6) is -0.624. The molecule has 2 amide bonds. The lowest BCUT2D eigenvalue weighted by atomic mass is 10.1. The lowest BCUT2D eigenvalue weighted by Crippen LogP contribution is -2.31. The maximum atomic E-state index is 12.2. The summed E-state index contributed by atoms with van der Waals surface area (Å²) in [7, 11) is 0. The van der Waals surface area contributed by atoms with Crippen LogP contribution in [-0.4, -0.2) is 29.8 Å². The van der Waals surface area contributed by atoms with Gasteiger partial charge in [0.05, 0.1) is 0 Å². The summed E-state index contributed by atoms with van der Waals surface area (Å²) in [5, 5.41) is 0. The summed E-state index contributed by atoms with van der Waals surface area (Å²) >= 11 is 0. The molecule has 0 aliphatic carbocycles. The molecule has 0 saturated carbocycles. The second-order valence-corrected chi connectivity index (χ2v) is 3.91. The molecule has 0 atom stereocenters. The van der Waals surface area contributed by atoms with Gasteiger partial charge >= 0.3 is 0 Å². The number of hydrogen-bond acceptors (Lipinski definition) is 2. The fourth-order valence-electron chi connectivity index (χ4n) is 1.64. The molecular weight excluding hydrogens is 228 g/mol. The van der Waals surface area contributed by atoms with Gasteiger partial charge < -0.3 is 10.6 Å². The van der Waals surface area contributed by atoms with Crippen molar-refractivity contribution in [2.24, 2.45) is 5.73 Å². The number of carbonyl (C=O) groups is 2. The molecule has 1 aromatic carbocycles. The summed E-state index contributed by atoms with van der Waals surface area (Å²) in [4.78, 5) is 25.0. The van der Waals surface area contributed by atoms with Crippen LogP contribution < -0.4 is 5.73 Å². The Bertz CT molecular complexity index is 455. The van der Waals surface area contributed by atoms with E-state index >= 15 is 0 Å². The number of amides is 2. The predicted molar refractivity (Wildman–Crippen MR) is 71.4 cm³/mol. The van der Waals surface area contributed by atoms with Crippen LogP contribution in [0.5, 0.6) is 0 Å². The van der Waals surface area contributed by atoms with Crippen molar-refractivity contribution in [1.29, 1.82) is 0 Å². The van der Waals surface area contributed by atoms with E-state index in [0.717, 1.165) is 6.42 Å². The number of nitrogens with zero attached hydrogens (tertiary/aromatic N) is 1. The van der Waals surface area contributed by atoms with Gasteiger partial charge in [-0.2, -0.15) is 0 Å². The second kappa shape index (κ2) is 6.59. The average Bonchev–Trinajstić information content (AvgIpc) is 2.39. The minimum absolute atomic E-state index is 0.0950. The number of hydrogen-bond donors (Lipinski definition) is 1. The first-order valence-electron chi connectivity index (χ1n) is 5.90. The Morgan fingerprint density at radius 2 is 2.06 bits per heavy atom. The fourth-order valence-corrected chi connectivity index (χ4v) is 1.64. The average molecular weight is 246 g/mol. The molecule has 0 heterocycles. The van der Waals surface area contributed by atoms with E-state index in [1.54, 1.807) is 29.2 Å². The van der Waals surface area contributed by atoms with E-state index in [0.29, 0.717) is 24.2 Å². The normalized spacial score (nSPS) is 9.83. The summed E-state index contributed by atoms with van der Waals surface area (Å²) in [6, 6.07) is 6.47. The number of nitrogens with two attached hydrogens (primary N) is 1. The van der Waals surface area contributed by atoms with E-state index in [1.165, 1.54) is 6.07 Å². The van der Waals surface area contributed by atoms with Crippen molar-refractivity contribution in [2.75, 3.05) is 13.1 Å². The molecule has 0 radical (unpaired) electrons. The van der Waals surface area contributed by atoms with E-state index in [4.69, 9.17) is 5.73 Å². The van der Waals surface area contributed by atoms with Gasteiger partial charge in [0.1, 0.15) is 0 Å². The van der Waals surface area contributed by atoms with Gasteiger partial charge in [-0.3, -0.25) is 9.59 Å². The number of primary amides is 1. The van der Waals surface area contributed by atoms with Crippen LogP contribution in [0.1, 0.15) is 34.1 Å². The van der Waals surface area contributed by atoms with Crippen molar-refractivity contribution in [3.8, 4) is 0 Å². The van der Waals surface area contributed by atoms with Crippen LogP contribution in [0.2, 0.25) is 0 Å². The van der Waals surface area contributed by atoms with Gasteiger partial charge in [0.15, 0.2) is 0 Å². The molecule has 0 unspecified atom stereocenters. The molecule has 0 fully saturated rings. The zero-order valence-corrected chi connectivity index (χ0v) is 10.6. The SMILES string of the molecule is C=CCCN(CC)C(=O)c1cccc(C(N)=O)c1. The molecule has 96 valence electrons. The number of carbonyl (C=O) groups excluding carboxylic acids is 2. The highest BCUT2D eigenvalue weighted by atomic mass is 16.2. The predicted octanol–water partition coefficient (Wildman–Crippen LogP) is 1.82. The largest absolute Gasteiger partial charge is 0.366 e. The Hall–Kier alpha value is -2.10. The van der Waals surface area contributed by atoms with Gasteiger partial charge in [-0.05, 0) is 31.5 Å². The summed E-state index contributed by atoms with van der Waals surface area (Å²) in [6.07, 6.45) is 2.52. The third-order valence-electron chi connectivity index (χ3n) is 2.67. The highest BCUT2D eigenvalue weighted by Gasteiger charge is 2.14. The van der Waals surface area contributed by atoms with Crippen molar-refractivity contribution in [2.45, 2.75) is 13.3 Å². The van der Waals surface area contributed by atoms with E-state index in [-0.39, 0.29) is 5.91 Å². The van der Waals surface area contributed by atoms with Crippen LogP contribution in [0.15, 0.2) is 36.9 Å². The Morgan fingerprint density at radius 1 is 1.39 bits per heavy atom. The highest BCUT2D eigenvalue weighted by Crippen LogP contribution is 2.09. The molecule has 0 saturated heterocycles. The van der Waals surface area contributed by atoms with E-state index < -0.39 is 5.91 Å². The van der Waals surface area contributed by atoms with Gasteiger partial charge in [-0.25, -0.2) is 0 Å². The molecule has 2 N–H and O–H groups in total. The van der Waals surface area contributed by atoms with Crippen LogP contribution in [0, 0.1) is 0 Å². The van der Waals surface area contributed by atoms with Crippen molar-refractivity contribution in [3.63, 3.8) is 0 Å². The first kappa shape index (κ1) is 14.0. The molecule has 18 heavy (non-hydrogen) atoms. The van der Waals surface area contributed by atoms with Crippen molar-refractivity contribution < 1.29 is 9.59 Å². The Kier molecular flexibility index (Phi) is 5.11. The minimum Gasteiger partial charge on any atom is -0.366 e. The second-order valence-electron chi connectivity index (χ2n) is 3.91. The molecule has 4 nitrogen and oxygen atoms in total. The molecule has 0 bridgehead atoms. The number of benzene rings is 1. The van der Waals surface area contributed by atoms with Crippen LogP contribution in [0.4, 0.5) is 0 Å². The maximum absolute atomic E-state index is 12.2. The lowest BCUT2D eigenvalue weighted by Gasteiger charge is -2.20. The van der Waals surface area contributed by atoms with Crippen LogP contribution in [-0.2, 0) is 0 Å². The molecule has 0 aliphatic heterocycles. The molecule has 4 heteroatoms. The summed E-state index contributed by atoms with van der Waals surface area (Å²) in [5.41, 5.74) is 6.03. The maximum Gasteiger partial charge on any atom is 0.253 e. The standard InChI is InChI=1S/C14H18N2O2/c1-3-5-9-16(4-2)14(18)12-8-6-7-11(10-12)13(15)17/h3,6-8,10H,1,4-5,9H2,2H3,(H2,15,17). The van der Waals surface area contributed by atoms with Crippen LogP contribution >= 0.6 is 0 Å². The number of rotatable bonds is 6. The van der Waals surface area contributed by atoms with Crippen molar-refractivity contribution in [1.82, 2.24) is 4.90 Å². The monoisotopic (exact) mass is 246 g/mol. The van der Waals surface area contributed by atoms with Gasteiger partial charge in [0, 0.05) is 24.2 Å². The van der Waals surface area contributed by atoms with Crippen LogP contribution in [0.3, 0.4) is 0 Å². The first-order valence-corrected chi connectivity index (χ1v) is 5.90. The Labute approximate surface area is 107 Å². The van der Waals surface area contributed by atoms with E-state index in [1.807, 2.05) is 6.92 Å². The van der Waals surface area contributed by atoms with Crippen LogP contribution in [0.25, 0.3) is 0 Å². The smallest absolute Gasteiger partial charge is 0.253 e. The quantitative estimate of drug-likeness (QED) is 0.778. The minimum atomic E-state index is -0.529. The molecule has 1 aromatic rings. The lowest BCUT2D eigenvalue weighted by molar-refractivity contribution is 0.0767. The summed E-state index contributed by atoms with van der Waals surface area (Å²) in [6.45, 7) is 6.80. The third-order valence-corrected chi connectivity index (χ3v) is 2.67. The zero-order valence-electron chi connectivity index (χ0n) is 10.6. The van der Waals surface area contributed by atoms with Gasteiger partial charge in [0.25, 0.3) is 5.91 Å². The third kappa shape index (κ3) is 3.45. The first-order chi connectivity index (χ1) is 8.60. The van der Waals surface area contributed by atoms with E-state index in [2.05, 4.69) is 6.58 Å². The molecule has 0 aromatic heterocycles. The Balaban J connectivity index is 2.90. The van der Waals surface area contributed by atoms with E-state index in [9.17, 15) is 9.59 Å².